The molecular formula is C16H23F3N4O. The van der Waals surface area contributed by atoms with Gasteiger partial charge in [0.1, 0.15) is 12.4 Å². The third-order valence-electron chi connectivity index (χ3n) is 5.06. The Morgan fingerprint density at radius 3 is 2.67 bits per heavy atom. The Kier molecular flexibility index (Phi) is 4.85. The summed E-state index contributed by atoms with van der Waals surface area (Å²) in [5.74, 6) is 0.523. The molecule has 0 saturated carbocycles. The van der Waals surface area contributed by atoms with Crippen molar-refractivity contribution in [2.75, 3.05) is 13.1 Å². The summed E-state index contributed by atoms with van der Waals surface area (Å²) in [6.45, 7) is 2.60. The molecule has 1 aromatic rings. The first kappa shape index (κ1) is 17.3. The van der Waals surface area contributed by atoms with Crippen LogP contribution in [0.5, 0.6) is 0 Å². The van der Waals surface area contributed by atoms with Gasteiger partial charge in [-0.05, 0) is 32.2 Å². The molecule has 0 radical (unpaired) electrons. The van der Waals surface area contributed by atoms with Crippen LogP contribution in [0.2, 0.25) is 0 Å². The fourth-order valence-corrected chi connectivity index (χ4v) is 4.08. The zero-order valence-electron chi connectivity index (χ0n) is 13.8. The summed E-state index contributed by atoms with van der Waals surface area (Å²) in [5.41, 5.74) is 0. The molecule has 24 heavy (non-hydrogen) atoms. The summed E-state index contributed by atoms with van der Waals surface area (Å²) in [4.78, 5) is 20.1. The fraction of sp³-hybridized carbons (Fsp3) is 0.750. The molecule has 3 heterocycles. The van der Waals surface area contributed by atoms with E-state index in [-0.39, 0.29) is 18.0 Å². The number of likely N-dealkylation sites (tertiary alicyclic amines) is 2. The number of amides is 1. The molecule has 3 rings (SSSR count). The van der Waals surface area contributed by atoms with Gasteiger partial charge in [0.15, 0.2) is 0 Å². The van der Waals surface area contributed by atoms with Gasteiger partial charge in [-0.1, -0.05) is 0 Å². The number of rotatable bonds is 4. The molecule has 2 aliphatic rings. The second-order valence-electron chi connectivity index (χ2n) is 6.69. The Morgan fingerprint density at radius 1 is 1.25 bits per heavy atom. The van der Waals surface area contributed by atoms with E-state index in [0.717, 1.165) is 38.8 Å². The van der Waals surface area contributed by atoms with Crippen molar-refractivity contribution in [1.82, 2.24) is 19.4 Å². The first-order chi connectivity index (χ1) is 11.3. The largest absolute Gasteiger partial charge is 0.406 e. The molecule has 0 aliphatic carbocycles. The van der Waals surface area contributed by atoms with Gasteiger partial charge >= 0.3 is 6.18 Å². The van der Waals surface area contributed by atoms with Crippen LogP contribution in [-0.4, -0.2) is 56.6 Å². The third kappa shape index (κ3) is 3.74. The predicted octanol–water partition coefficient (Wildman–Crippen LogP) is 2.42. The van der Waals surface area contributed by atoms with Gasteiger partial charge in [-0.15, -0.1) is 0 Å². The lowest BCUT2D eigenvalue weighted by atomic mass is 10.0. The first-order valence-corrected chi connectivity index (χ1v) is 8.43. The van der Waals surface area contributed by atoms with Crippen molar-refractivity contribution in [2.24, 2.45) is 0 Å². The zero-order valence-corrected chi connectivity index (χ0v) is 13.8. The number of carbonyl (C=O) groups is 1. The Labute approximate surface area is 139 Å². The maximum absolute atomic E-state index is 12.7. The molecule has 0 spiro atoms. The summed E-state index contributed by atoms with van der Waals surface area (Å²) in [6.07, 6.45) is 2.50. The topological polar surface area (TPSA) is 41.4 Å². The van der Waals surface area contributed by atoms with E-state index in [9.17, 15) is 18.0 Å². The van der Waals surface area contributed by atoms with Crippen LogP contribution in [-0.2, 0) is 17.9 Å². The van der Waals surface area contributed by atoms with Crippen LogP contribution in [0.25, 0.3) is 0 Å². The Morgan fingerprint density at radius 2 is 1.96 bits per heavy atom. The maximum atomic E-state index is 12.7. The zero-order chi connectivity index (χ0) is 17.3. The lowest BCUT2D eigenvalue weighted by molar-refractivity contribution is -0.141. The number of hydrogen-bond acceptors (Lipinski definition) is 3. The van der Waals surface area contributed by atoms with Crippen molar-refractivity contribution in [3.05, 3.63) is 18.2 Å². The number of aromatic nitrogens is 2. The molecule has 0 bridgehead atoms. The molecular weight excluding hydrogens is 321 g/mol. The van der Waals surface area contributed by atoms with Crippen molar-refractivity contribution in [3.8, 4) is 0 Å². The normalized spacial score (nSPS) is 25.6. The molecule has 2 fully saturated rings. The van der Waals surface area contributed by atoms with E-state index in [0.29, 0.717) is 12.4 Å². The number of carbonyl (C=O) groups excluding carboxylic acids is 1. The van der Waals surface area contributed by atoms with Crippen molar-refractivity contribution < 1.29 is 18.0 Å². The summed E-state index contributed by atoms with van der Waals surface area (Å²) >= 11 is 0. The summed E-state index contributed by atoms with van der Waals surface area (Å²) < 4.78 is 39.2. The molecule has 0 unspecified atom stereocenters. The smallest absolute Gasteiger partial charge is 0.338 e. The van der Waals surface area contributed by atoms with Gasteiger partial charge in [0.2, 0.25) is 5.91 Å². The Bertz CT molecular complexity index is 586. The molecule has 1 aromatic heterocycles. The van der Waals surface area contributed by atoms with E-state index in [1.165, 1.54) is 17.0 Å². The van der Waals surface area contributed by atoms with Crippen molar-refractivity contribution >= 4 is 5.91 Å². The highest BCUT2D eigenvalue weighted by atomic mass is 19.4. The summed E-state index contributed by atoms with van der Waals surface area (Å²) in [5, 5.41) is 0. The molecule has 0 N–H and O–H groups in total. The van der Waals surface area contributed by atoms with Crippen LogP contribution in [0.1, 0.15) is 38.4 Å². The number of halogens is 3. The lowest BCUT2D eigenvalue weighted by Gasteiger charge is -2.34. The molecule has 5 nitrogen and oxygen atoms in total. The van der Waals surface area contributed by atoms with Crippen LogP contribution in [0, 0.1) is 0 Å². The minimum absolute atomic E-state index is 0.0860. The molecule has 2 aliphatic heterocycles. The summed E-state index contributed by atoms with van der Waals surface area (Å²) in [6, 6.07) is 0.392. The molecule has 1 amide bonds. The lowest BCUT2D eigenvalue weighted by Crippen LogP contribution is -2.47. The monoisotopic (exact) mass is 344 g/mol. The fourth-order valence-electron chi connectivity index (χ4n) is 4.08. The second-order valence-corrected chi connectivity index (χ2v) is 6.69. The maximum Gasteiger partial charge on any atom is 0.406 e. The Balaban J connectivity index is 1.71. The Hall–Kier alpha value is -1.57. The third-order valence-corrected chi connectivity index (χ3v) is 5.06. The van der Waals surface area contributed by atoms with E-state index in [1.54, 1.807) is 6.92 Å². The van der Waals surface area contributed by atoms with Gasteiger partial charge in [0.25, 0.3) is 0 Å². The molecule has 134 valence electrons. The van der Waals surface area contributed by atoms with Crippen LogP contribution < -0.4 is 0 Å². The van der Waals surface area contributed by atoms with Crippen LogP contribution in [0.3, 0.4) is 0 Å². The highest BCUT2D eigenvalue weighted by Gasteiger charge is 2.39. The average molecular weight is 344 g/mol. The van der Waals surface area contributed by atoms with Crippen molar-refractivity contribution in [3.63, 3.8) is 0 Å². The number of alkyl halides is 3. The van der Waals surface area contributed by atoms with Crippen LogP contribution >= 0.6 is 0 Å². The van der Waals surface area contributed by atoms with E-state index in [4.69, 9.17) is 0 Å². The van der Waals surface area contributed by atoms with E-state index < -0.39 is 12.7 Å². The van der Waals surface area contributed by atoms with Crippen LogP contribution in [0.4, 0.5) is 13.2 Å². The van der Waals surface area contributed by atoms with Gasteiger partial charge in [0.05, 0.1) is 6.54 Å². The summed E-state index contributed by atoms with van der Waals surface area (Å²) in [7, 11) is 0. The van der Waals surface area contributed by atoms with Gasteiger partial charge in [-0.25, -0.2) is 4.98 Å². The molecule has 8 heteroatoms. The van der Waals surface area contributed by atoms with Crippen LogP contribution in [0.15, 0.2) is 12.4 Å². The highest BCUT2D eigenvalue weighted by Crippen LogP contribution is 2.31. The van der Waals surface area contributed by atoms with E-state index >= 15 is 0 Å². The van der Waals surface area contributed by atoms with E-state index in [2.05, 4.69) is 9.88 Å². The second kappa shape index (κ2) is 6.74. The number of imidazole rings is 1. The molecule has 0 aromatic carbocycles. The minimum atomic E-state index is -4.25. The molecule has 2 saturated heterocycles. The van der Waals surface area contributed by atoms with Gasteiger partial charge in [-0.3, -0.25) is 9.69 Å². The van der Waals surface area contributed by atoms with Gasteiger partial charge in [-0.2, -0.15) is 13.2 Å². The average Bonchev–Trinajstić information content (AvgIpc) is 3.18. The molecule has 2 atom stereocenters. The van der Waals surface area contributed by atoms with E-state index in [1.807, 2.05) is 4.90 Å². The standard InChI is InChI=1S/C16H23F3N4O/c1-12(24)23-8-3-5-14(23)13-4-2-7-21(13)10-15-20-6-9-22(15)11-16(17,18)19/h6,9,13-14H,2-5,7-8,10-11H2,1H3/t13-,14-/m0/s1. The van der Waals surface area contributed by atoms with Crippen molar-refractivity contribution in [1.29, 1.82) is 0 Å². The number of hydrogen-bond donors (Lipinski definition) is 0. The highest BCUT2D eigenvalue weighted by molar-refractivity contribution is 5.74. The van der Waals surface area contributed by atoms with Gasteiger partial charge in [0, 0.05) is 37.9 Å². The van der Waals surface area contributed by atoms with Gasteiger partial charge < -0.3 is 9.47 Å². The quantitative estimate of drug-likeness (QED) is 0.842. The van der Waals surface area contributed by atoms with Crippen molar-refractivity contribution in [2.45, 2.75) is 64.0 Å². The number of nitrogens with zero attached hydrogens (tertiary/aromatic N) is 4. The first-order valence-electron chi connectivity index (χ1n) is 8.43. The SMILES string of the molecule is CC(=O)N1CCC[C@H]1[C@@H]1CCCN1Cc1nccn1CC(F)(F)F. The minimum Gasteiger partial charge on any atom is -0.338 e. The predicted molar refractivity (Wildman–Crippen MR) is 82.1 cm³/mol.